The molecule has 1 saturated carbocycles. The predicted octanol–water partition coefficient (Wildman–Crippen LogP) is 5.14. The predicted molar refractivity (Wildman–Crippen MR) is 90.8 cm³/mol. The highest BCUT2D eigenvalue weighted by Gasteiger charge is 2.35. The minimum absolute atomic E-state index is 0.238. The van der Waals surface area contributed by atoms with Crippen LogP contribution in [0.3, 0.4) is 0 Å². The van der Waals surface area contributed by atoms with Crippen molar-refractivity contribution in [2.45, 2.75) is 45.1 Å². The molecule has 1 aliphatic carbocycles. The van der Waals surface area contributed by atoms with Crippen LogP contribution in [-0.4, -0.2) is 4.98 Å². The van der Waals surface area contributed by atoms with E-state index in [0.29, 0.717) is 5.92 Å². The number of aromatic nitrogens is 1. The molecule has 3 rings (SSSR count). The van der Waals surface area contributed by atoms with Crippen molar-refractivity contribution in [3.63, 3.8) is 0 Å². The number of hydrogen-bond donors (Lipinski definition) is 1. The number of nitrogens with zero attached hydrogens (tertiary/aromatic N) is 1. The Morgan fingerprint density at radius 2 is 2.05 bits per heavy atom. The molecule has 0 saturated heterocycles. The van der Waals surface area contributed by atoms with Crippen LogP contribution in [0.4, 0.5) is 0 Å². The second-order valence-electron chi connectivity index (χ2n) is 6.29. The maximum Gasteiger partial charge on any atom is 0.113 e. The summed E-state index contributed by atoms with van der Waals surface area (Å²) in [5.74, 6) is 0.687. The van der Waals surface area contributed by atoms with Gasteiger partial charge in [0, 0.05) is 15.5 Å². The largest absolute Gasteiger partial charge is 0.319 e. The van der Waals surface area contributed by atoms with Gasteiger partial charge >= 0.3 is 0 Å². The molecular weight excluding hydrogens is 300 g/mol. The average molecular weight is 321 g/mol. The fourth-order valence-electron chi connectivity index (χ4n) is 3.27. The monoisotopic (exact) mass is 320 g/mol. The normalized spacial score (nSPS) is 26.0. The van der Waals surface area contributed by atoms with Gasteiger partial charge in [-0.2, -0.15) is 0 Å². The molecule has 1 aliphatic rings. The summed E-state index contributed by atoms with van der Waals surface area (Å²) in [4.78, 5) is 6.12. The van der Waals surface area contributed by atoms with Crippen molar-refractivity contribution in [2.75, 3.05) is 0 Å². The third-order valence-corrected chi connectivity index (χ3v) is 5.82. The maximum absolute atomic E-state index is 6.68. The third-order valence-electron chi connectivity index (χ3n) is 4.37. The first kappa shape index (κ1) is 15.0. The molecule has 2 aromatic rings. The van der Waals surface area contributed by atoms with Gasteiger partial charge in [0.15, 0.2) is 0 Å². The van der Waals surface area contributed by atoms with Crippen molar-refractivity contribution in [1.29, 1.82) is 0 Å². The number of halogens is 1. The summed E-state index contributed by atoms with van der Waals surface area (Å²) >= 11 is 7.72. The van der Waals surface area contributed by atoms with Crippen molar-refractivity contribution in [1.82, 2.24) is 4.98 Å². The van der Waals surface area contributed by atoms with Gasteiger partial charge in [-0.25, -0.2) is 4.98 Å². The van der Waals surface area contributed by atoms with Gasteiger partial charge < -0.3 is 5.73 Å². The zero-order valence-corrected chi connectivity index (χ0v) is 14.1. The van der Waals surface area contributed by atoms with E-state index < -0.39 is 0 Å². The molecule has 2 nitrogen and oxygen atoms in total. The Bertz CT molecular complexity index is 635. The van der Waals surface area contributed by atoms with Crippen LogP contribution >= 0.6 is 22.9 Å². The highest BCUT2D eigenvalue weighted by molar-refractivity contribution is 7.12. The maximum atomic E-state index is 6.68. The molecule has 0 spiro atoms. The number of hydrogen-bond acceptors (Lipinski definition) is 3. The molecule has 0 radical (unpaired) electrons. The fraction of sp³-hybridized carbons (Fsp3) is 0.471. The summed E-state index contributed by atoms with van der Waals surface area (Å²) in [5.41, 5.74) is 8.61. The van der Waals surface area contributed by atoms with E-state index in [1.54, 1.807) is 11.3 Å². The molecule has 1 heterocycles. The molecule has 2 N–H and O–H groups in total. The van der Waals surface area contributed by atoms with Gasteiger partial charge in [-0.1, -0.05) is 43.5 Å². The molecule has 0 bridgehead atoms. The second-order valence-corrected chi connectivity index (χ2v) is 7.93. The molecule has 1 fully saturated rings. The minimum Gasteiger partial charge on any atom is -0.319 e. The standard InChI is InChI=1S/C17H21ClN2S/c1-11-4-3-9-17(19,10-11)16-20-15(12(2)21-16)13-5-7-14(18)8-6-13/h5-8,11H,3-4,9-10,19H2,1-2H3. The van der Waals surface area contributed by atoms with Crippen LogP contribution in [-0.2, 0) is 5.54 Å². The summed E-state index contributed by atoms with van der Waals surface area (Å²) < 4.78 is 0. The van der Waals surface area contributed by atoms with Gasteiger partial charge in [-0.05, 0) is 37.8 Å². The van der Waals surface area contributed by atoms with Crippen LogP contribution in [0, 0.1) is 12.8 Å². The number of nitrogens with two attached hydrogens (primary N) is 1. The second kappa shape index (κ2) is 5.71. The van der Waals surface area contributed by atoms with Gasteiger partial charge in [0.25, 0.3) is 0 Å². The first-order valence-corrected chi connectivity index (χ1v) is 8.70. The molecule has 2 unspecified atom stereocenters. The Balaban J connectivity index is 1.95. The Hall–Kier alpha value is -0.900. The van der Waals surface area contributed by atoms with E-state index in [-0.39, 0.29) is 5.54 Å². The zero-order chi connectivity index (χ0) is 15.0. The molecule has 0 amide bonds. The van der Waals surface area contributed by atoms with E-state index >= 15 is 0 Å². The first-order valence-electron chi connectivity index (χ1n) is 7.51. The number of aryl methyl sites for hydroxylation is 1. The highest BCUT2D eigenvalue weighted by atomic mass is 35.5. The van der Waals surface area contributed by atoms with Gasteiger partial charge in [0.1, 0.15) is 5.01 Å². The summed E-state index contributed by atoms with van der Waals surface area (Å²) in [5, 5.41) is 1.85. The molecule has 1 aromatic heterocycles. The molecule has 4 heteroatoms. The summed E-state index contributed by atoms with van der Waals surface area (Å²) in [7, 11) is 0. The van der Waals surface area contributed by atoms with Crippen LogP contribution in [0.15, 0.2) is 24.3 Å². The Labute approximate surface area is 135 Å². The van der Waals surface area contributed by atoms with Gasteiger partial charge in [0.2, 0.25) is 0 Å². The lowest BCUT2D eigenvalue weighted by molar-refractivity contribution is 0.238. The summed E-state index contributed by atoms with van der Waals surface area (Å²) in [6.45, 7) is 4.42. The average Bonchev–Trinajstić information content (AvgIpc) is 2.82. The van der Waals surface area contributed by atoms with Gasteiger partial charge in [-0.3, -0.25) is 0 Å². The van der Waals surface area contributed by atoms with E-state index in [1.807, 2.05) is 24.3 Å². The van der Waals surface area contributed by atoms with Crippen molar-refractivity contribution in [3.05, 3.63) is 39.2 Å². The van der Waals surface area contributed by atoms with Crippen molar-refractivity contribution in [3.8, 4) is 11.3 Å². The van der Waals surface area contributed by atoms with Crippen LogP contribution in [0.5, 0.6) is 0 Å². The molecule has 21 heavy (non-hydrogen) atoms. The molecule has 2 atom stereocenters. The quantitative estimate of drug-likeness (QED) is 0.832. The van der Waals surface area contributed by atoms with Crippen LogP contribution in [0.2, 0.25) is 5.02 Å². The van der Waals surface area contributed by atoms with Crippen LogP contribution in [0.25, 0.3) is 11.3 Å². The smallest absolute Gasteiger partial charge is 0.113 e. The third kappa shape index (κ3) is 3.01. The molecule has 0 aliphatic heterocycles. The molecule has 112 valence electrons. The van der Waals surface area contributed by atoms with E-state index in [4.69, 9.17) is 22.3 Å². The lowest BCUT2D eigenvalue weighted by atomic mass is 9.77. The lowest BCUT2D eigenvalue weighted by Crippen LogP contribution is -2.40. The van der Waals surface area contributed by atoms with E-state index in [9.17, 15) is 0 Å². The topological polar surface area (TPSA) is 38.9 Å². The SMILES string of the molecule is Cc1sc(C2(N)CCCC(C)C2)nc1-c1ccc(Cl)cc1. The Kier molecular flexibility index (Phi) is 4.08. The Morgan fingerprint density at radius 3 is 2.71 bits per heavy atom. The highest BCUT2D eigenvalue weighted by Crippen LogP contribution is 2.41. The van der Waals surface area contributed by atoms with Gasteiger partial charge in [0.05, 0.1) is 11.2 Å². The fourth-order valence-corrected chi connectivity index (χ4v) is 4.47. The van der Waals surface area contributed by atoms with Crippen LogP contribution < -0.4 is 5.73 Å². The van der Waals surface area contributed by atoms with E-state index in [1.165, 1.54) is 17.7 Å². The van der Waals surface area contributed by atoms with E-state index in [0.717, 1.165) is 34.1 Å². The number of thiazole rings is 1. The first-order chi connectivity index (χ1) is 9.98. The van der Waals surface area contributed by atoms with Crippen LogP contribution in [0.1, 0.15) is 42.5 Å². The van der Waals surface area contributed by atoms with Crippen molar-refractivity contribution in [2.24, 2.45) is 11.7 Å². The Morgan fingerprint density at radius 1 is 1.33 bits per heavy atom. The number of benzene rings is 1. The number of rotatable bonds is 2. The van der Waals surface area contributed by atoms with Crippen molar-refractivity contribution >= 4 is 22.9 Å². The van der Waals surface area contributed by atoms with E-state index in [2.05, 4.69) is 13.8 Å². The summed E-state index contributed by atoms with van der Waals surface area (Å²) in [6.07, 6.45) is 4.57. The molecular formula is C17H21ClN2S. The zero-order valence-electron chi connectivity index (χ0n) is 12.5. The summed E-state index contributed by atoms with van der Waals surface area (Å²) in [6, 6.07) is 7.88. The minimum atomic E-state index is -0.238. The van der Waals surface area contributed by atoms with Crippen molar-refractivity contribution < 1.29 is 0 Å². The molecule has 1 aromatic carbocycles. The lowest BCUT2D eigenvalue weighted by Gasteiger charge is -2.35. The van der Waals surface area contributed by atoms with Gasteiger partial charge in [-0.15, -0.1) is 11.3 Å².